The van der Waals surface area contributed by atoms with Gasteiger partial charge >= 0.3 is 0 Å². The average Bonchev–Trinajstić information content (AvgIpc) is 2.60. The Hall–Kier alpha value is -3.15. The number of carbonyl (C=O) groups excluding carboxylic acids is 2. The molecule has 0 spiro atoms. The van der Waals surface area contributed by atoms with Crippen molar-refractivity contribution in [3.05, 3.63) is 59.2 Å². The average molecular weight is 352 g/mol. The minimum Gasteiger partial charge on any atom is -0.399 e. The van der Waals surface area contributed by atoms with Crippen molar-refractivity contribution in [1.29, 1.82) is 0 Å². The van der Waals surface area contributed by atoms with Crippen LogP contribution < -0.4 is 16.5 Å². The third-order valence-corrected chi connectivity index (χ3v) is 3.89. The quantitative estimate of drug-likeness (QED) is 0.423. The molecule has 0 fully saturated rings. The molecule has 0 aliphatic heterocycles. The van der Waals surface area contributed by atoms with Crippen molar-refractivity contribution in [3.8, 4) is 0 Å². The molecule has 2 aromatic rings. The Labute approximate surface area is 153 Å². The lowest BCUT2D eigenvalue weighted by atomic mass is 10.1. The lowest BCUT2D eigenvalue weighted by molar-refractivity contribution is -0.124. The number of hydrogen-bond donors (Lipinski definition) is 3. The van der Waals surface area contributed by atoms with Crippen LogP contribution >= 0.6 is 0 Å². The Balaban J connectivity index is 1.82. The van der Waals surface area contributed by atoms with Crippen molar-refractivity contribution < 1.29 is 9.59 Å². The second kappa shape index (κ2) is 8.80. The third kappa shape index (κ3) is 5.73. The summed E-state index contributed by atoms with van der Waals surface area (Å²) < 4.78 is 0. The van der Waals surface area contributed by atoms with Gasteiger partial charge in [-0.1, -0.05) is 29.8 Å². The van der Waals surface area contributed by atoms with E-state index < -0.39 is 0 Å². The third-order valence-electron chi connectivity index (χ3n) is 3.89. The molecule has 0 aromatic heterocycles. The molecule has 0 bridgehead atoms. The molecule has 0 aliphatic carbocycles. The number of benzene rings is 2. The van der Waals surface area contributed by atoms with Crippen LogP contribution in [0.3, 0.4) is 0 Å². The standard InChI is InChI=1S/C20H24N4O2/c1-13-7-8-18(14(2)11-13)22-19(25)9-10-20(26)24-23-15(3)16-5-4-6-17(21)12-16/h4-8,11-12H,9-10,21H2,1-3H3,(H,22,25)(H,24,26). The summed E-state index contributed by atoms with van der Waals surface area (Å²) in [5.41, 5.74) is 13.2. The summed E-state index contributed by atoms with van der Waals surface area (Å²) in [5, 5.41) is 6.87. The van der Waals surface area contributed by atoms with Crippen LogP contribution in [0, 0.1) is 13.8 Å². The number of nitrogen functional groups attached to an aromatic ring is 1. The highest BCUT2D eigenvalue weighted by Gasteiger charge is 2.08. The van der Waals surface area contributed by atoms with Crippen molar-refractivity contribution >= 4 is 28.9 Å². The maximum absolute atomic E-state index is 12.0. The van der Waals surface area contributed by atoms with Crippen LogP contribution in [-0.2, 0) is 9.59 Å². The van der Waals surface area contributed by atoms with Gasteiger partial charge in [0.05, 0.1) is 5.71 Å². The van der Waals surface area contributed by atoms with E-state index in [0.717, 1.165) is 22.4 Å². The molecule has 0 atom stereocenters. The van der Waals surface area contributed by atoms with E-state index in [2.05, 4.69) is 15.8 Å². The topological polar surface area (TPSA) is 96.6 Å². The number of rotatable bonds is 6. The molecule has 0 saturated heterocycles. The molecule has 0 heterocycles. The van der Waals surface area contributed by atoms with Gasteiger partial charge in [0.15, 0.2) is 0 Å². The summed E-state index contributed by atoms with van der Waals surface area (Å²) in [6.45, 7) is 5.71. The Morgan fingerprint density at radius 3 is 2.46 bits per heavy atom. The highest BCUT2D eigenvalue weighted by Crippen LogP contribution is 2.16. The number of hydrogen-bond acceptors (Lipinski definition) is 4. The number of nitrogens with two attached hydrogens (primary N) is 1. The van der Waals surface area contributed by atoms with Crippen molar-refractivity contribution in [1.82, 2.24) is 5.43 Å². The first kappa shape index (κ1) is 19.2. The van der Waals surface area contributed by atoms with E-state index in [4.69, 9.17) is 5.73 Å². The van der Waals surface area contributed by atoms with Crippen LogP contribution in [0.25, 0.3) is 0 Å². The number of hydrazone groups is 1. The minimum atomic E-state index is -0.316. The molecule has 6 nitrogen and oxygen atoms in total. The molecule has 0 radical (unpaired) electrons. The second-order valence-electron chi connectivity index (χ2n) is 6.22. The smallest absolute Gasteiger partial charge is 0.240 e. The number of anilines is 2. The van der Waals surface area contributed by atoms with E-state index in [-0.39, 0.29) is 24.7 Å². The van der Waals surface area contributed by atoms with Gasteiger partial charge in [-0.25, -0.2) is 5.43 Å². The zero-order chi connectivity index (χ0) is 19.1. The highest BCUT2D eigenvalue weighted by molar-refractivity contribution is 6.00. The summed E-state index contributed by atoms with van der Waals surface area (Å²) in [6.07, 6.45) is 0.149. The van der Waals surface area contributed by atoms with Crippen molar-refractivity contribution in [3.63, 3.8) is 0 Å². The zero-order valence-electron chi connectivity index (χ0n) is 15.3. The first-order valence-corrected chi connectivity index (χ1v) is 8.41. The normalized spacial score (nSPS) is 11.1. The predicted octanol–water partition coefficient (Wildman–Crippen LogP) is 3.14. The summed E-state index contributed by atoms with van der Waals surface area (Å²) in [6, 6.07) is 13.0. The van der Waals surface area contributed by atoms with Crippen LogP contribution in [0.1, 0.15) is 36.5 Å². The van der Waals surface area contributed by atoms with E-state index in [1.54, 1.807) is 19.1 Å². The molecular formula is C20H24N4O2. The first-order chi connectivity index (χ1) is 12.3. The van der Waals surface area contributed by atoms with Crippen LogP contribution in [0.2, 0.25) is 0 Å². The van der Waals surface area contributed by atoms with Crippen molar-refractivity contribution in [2.24, 2.45) is 5.10 Å². The number of nitrogens with one attached hydrogen (secondary N) is 2. The van der Waals surface area contributed by atoms with Crippen LogP contribution in [0.5, 0.6) is 0 Å². The van der Waals surface area contributed by atoms with Gasteiger partial charge < -0.3 is 11.1 Å². The molecule has 2 aromatic carbocycles. The molecule has 136 valence electrons. The lowest BCUT2D eigenvalue weighted by Crippen LogP contribution is -2.22. The predicted molar refractivity (Wildman–Crippen MR) is 105 cm³/mol. The van der Waals surface area contributed by atoms with Crippen LogP contribution in [-0.4, -0.2) is 17.5 Å². The fourth-order valence-electron chi connectivity index (χ4n) is 2.42. The Morgan fingerprint density at radius 2 is 1.77 bits per heavy atom. The maximum atomic E-state index is 12.0. The summed E-state index contributed by atoms with van der Waals surface area (Å²) in [4.78, 5) is 23.9. The van der Waals surface area contributed by atoms with E-state index >= 15 is 0 Å². The fraction of sp³-hybridized carbons (Fsp3) is 0.250. The molecule has 6 heteroatoms. The van der Waals surface area contributed by atoms with Gasteiger partial charge in [-0.15, -0.1) is 0 Å². The molecule has 2 rings (SSSR count). The summed E-state index contributed by atoms with van der Waals surface area (Å²) >= 11 is 0. The molecule has 0 aliphatic rings. The van der Waals surface area contributed by atoms with Gasteiger partial charge in [0.25, 0.3) is 0 Å². The first-order valence-electron chi connectivity index (χ1n) is 8.41. The van der Waals surface area contributed by atoms with Gasteiger partial charge in [0, 0.05) is 24.2 Å². The molecule has 4 N–H and O–H groups in total. The van der Waals surface area contributed by atoms with Crippen LogP contribution in [0.4, 0.5) is 11.4 Å². The Kier molecular flexibility index (Phi) is 6.49. The lowest BCUT2D eigenvalue weighted by Gasteiger charge is -2.09. The summed E-state index contributed by atoms with van der Waals surface area (Å²) in [5.74, 6) is -0.521. The largest absolute Gasteiger partial charge is 0.399 e. The number of nitrogens with zero attached hydrogens (tertiary/aromatic N) is 1. The van der Waals surface area contributed by atoms with Gasteiger partial charge in [0.2, 0.25) is 11.8 Å². The molecule has 26 heavy (non-hydrogen) atoms. The molecule has 2 amide bonds. The van der Waals surface area contributed by atoms with Crippen LogP contribution in [0.15, 0.2) is 47.6 Å². The summed E-state index contributed by atoms with van der Waals surface area (Å²) in [7, 11) is 0. The molecule has 0 unspecified atom stereocenters. The fourth-order valence-corrected chi connectivity index (χ4v) is 2.42. The highest BCUT2D eigenvalue weighted by atomic mass is 16.2. The molecular weight excluding hydrogens is 328 g/mol. The van der Waals surface area contributed by atoms with Gasteiger partial charge in [0.1, 0.15) is 0 Å². The number of carbonyl (C=O) groups is 2. The number of aryl methyl sites for hydroxylation is 2. The van der Waals surface area contributed by atoms with Gasteiger partial charge in [-0.3, -0.25) is 9.59 Å². The Bertz CT molecular complexity index is 843. The second-order valence-corrected chi connectivity index (χ2v) is 6.22. The van der Waals surface area contributed by atoms with Gasteiger partial charge in [-0.2, -0.15) is 5.10 Å². The SMILES string of the molecule is CC(=NNC(=O)CCC(=O)Nc1ccc(C)cc1C)c1cccc(N)c1. The Morgan fingerprint density at radius 1 is 1.04 bits per heavy atom. The van der Waals surface area contributed by atoms with E-state index in [9.17, 15) is 9.59 Å². The monoisotopic (exact) mass is 352 g/mol. The van der Waals surface area contributed by atoms with E-state index in [1.807, 2.05) is 44.2 Å². The van der Waals surface area contributed by atoms with E-state index in [0.29, 0.717) is 11.4 Å². The van der Waals surface area contributed by atoms with Crippen molar-refractivity contribution in [2.45, 2.75) is 33.6 Å². The maximum Gasteiger partial charge on any atom is 0.240 e. The van der Waals surface area contributed by atoms with E-state index in [1.165, 1.54) is 0 Å². The zero-order valence-corrected chi connectivity index (χ0v) is 15.3. The van der Waals surface area contributed by atoms with Gasteiger partial charge in [-0.05, 0) is 50.1 Å². The molecule has 0 saturated carbocycles. The minimum absolute atomic E-state index is 0.0600. The van der Waals surface area contributed by atoms with Crippen molar-refractivity contribution in [2.75, 3.05) is 11.1 Å². The number of amides is 2.